The molecule has 0 unspecified atom stereocenters. The minimum atomic E-state index is 0. The maximum Gasteiger partial charge on any atom is 2.00 e. The van der Waals surface area contributed by atoms with Crippen LogP contribution in [0.4, 0.5) is 34.4 Å². The molecule has 4 aromatic heterocycles. The second-order valence-corrected chi connectivity index (χ2v) is 25.3. The summed E-state index contributed by atoms with van der Waals surface area (Å²) in [5.41, 5.74) is 17.2. The van der Waals surface area contributed by atoms with E-state index in [1.165, 1.54) is 11.1 Å². The number of aromatic nitrogens is 8. The van der Waals surface area contributed by atoms with Crippen LogP contribution in [0.15, 0.2) is 200 Å². The molecule has 16 heteroatoms. The summed E-state index contributed by atoms with van der Waals surface area (Å²) in [6.45, 7) is 23.4. The predicted octanol–water partition coefficient (Wildman–Crippen LogP) is 20.3. The summed E-state index contributed by atoms with van der Waals surface area (Å²) in [4.78, 5) is 13.6. The third-order valence-electron chi connectivity index (χ3n) is 16.6. The SMILES string of the molecule is Cc1cccc(C)c1-n1c(C)nnc1-c1[c-]c(Oc2[c-]c3c(cc2)Oc2ccccc2N3c2cc(CC(C)(C)C)ccn2)ccc1.Cc1ccnc(N2c3[c-]c(Oc4[c-]c(-c5nnc(-c6ccccc6C)n5-c5c(C)cc(C)cc5C)ccc4)ccc3Oc3ccccc32)c1.[Pt+2].[Pt+2]. The fourth-order valence-corrected chi connectivity index (χ4v) is 12.5. The summed E-state index contributed by atoms with van der Waals surface area (Å²) in [5.74, 6) is 9.45. The summed E-state index contributed by atoms with van der Waals surface area (Å²) >= 11 is 0. The van der Waals surface area contributed by atoms with Crippen molar-refractivity contribution in [2.75, 3.05) is 9.80 Å². The number of ether oxygens (including phenoxy) is 4. The normalized spacial score (nSPS) is 11.9. The van der Waals surface area contributed by atoms with Crippen molar-refractivity contribution in [2.45, 2.75) is 82.6 Å². The molecule has 0 radical (unpaired) electrons. The molecule has 0 saturated carbocycles. The Balaban J connectivity index is 0.000000182. The molecule has 0 spiro atoms. The Hall–Kier alpha value is -10.3. The van der Waals surface area contributed by atoms with Gasteiger partial charge in [-0.15, -0.1) is 94.1 Å². The van der Waals surface area contributed by atoms with E-state index < -0.39 is 0 Å². The second kappa shape index (κ2) is 27.8. The summed E-state index contributed by atoms with van der Waals surface area (Å²) in [7, 11) is 0. The Morgan fingerprint density at radius 3 is 1.44 bits per heavy atom. The minimum absolute atomic E-state index is 0. The predicted molar refractivity (Wildman–Crippen MR) is 374 cm³/mol. The second-order valence-electron chi connectivity index (χ2n) is 25.3. The van der Waals surface area contributed by atoms with Gasteiger partial charge in [0, 0.05) is 63.8 Å². The van der Waals surface area contributed by atoms with E-state index in [-0.39, 0.29) is 47.5 Å². The van der Waals surface area contributed by atoms with E-state index in [0.29, 0.717) is 51.8 Å². The maximum absolute atomic E-state index is 6.45. The molecule has 97 heavy (non-hydrogen) atoms. The number of fused-ring (bicyclic) bond motifs is 4. The van der Waals surface area contributed by atoms with E-state index >= 15 is 0 Å². The molecule has 6 heterocycles. The third-order valence-corrected chi connectivity index (χ3v) is 16.6. The molecule has 0 amide bonds. The van der Waals surface area contributed by atoms with Crippen molar-refractivity contribution in [1.29, 1.82) is 0 Å². The van der Waals surface area contributed by atoms with Crippen LogP contribution >= 0.6 is 0 Å². The minimum Gasteiger partial charge on any atom is -0.513 e. The molecule has 0 bridgehead atoms. The number of para-hydroxylation sites is 5. The van der Waals surface area contributed by atoms with Crippen LogP contribution in [0.5, 0.6) is 46.0 Å². The van der Waals surface area contributed by atoms with Crippen LogP contribution in [0, 0.1) is 85.1 Å². The number of anilines is 6. The van der Waals surface area contributed by atoms with Crippen LogP contribution in [0.25, 0.3) is 45.5 Å². The zero-order valence-electron chi connectivity index (χ0n) is 55.5. The van der Waals surface area contributed by atoms with E-state index in [9.17, 15) is 0 Å². The average Bonchev–Trinajstić information content (AvgIpc) is 1.43. The summed E-state index contributed by atoms with van der Waals surface area (Å²) in [5, 5.41) is 18.4. The van der Waals surface area contributed by atoms with Crippen molar-refractivity contribution in [2.24, 2.45) is 5.41 Å². The zero-order chi connectivity index (χ0) is 65.6. The van der Waals surface area contributed by atoms with Gasteiger partial charge in [-0.1, -0.05) is 117 Å². The summed E-state index contributed by atoms with van der Waals surface area (Å²) in [6, 6.07) is 76.0. The molecule has 0 saturated heterocycles. The van der Waals surface area contributed by atoms with E-state index in [4.69, 9.17) is 34.1 Å². The third kappa shape index (κ3) is 13.7. The number of hydrogen-bond acceptors (Lipinski definition) is 12. The van der Waals surface area contributed by atoms with Gasteiger partial charge >= 0.3 is 42.1 Å². The van der Waals surface area contributed by atoms with Gasteiger partial charge in [-0.2, -0.15) is 10.2 Å². The first-order valence-corrected chi connectivity index (χ1v) is 31.6. The number of hydrogen-bond donors (Lipinski definition) is 0. The Bertz CT molecular complexity index is 5050. The number of aryl methyl sites for hydroxylation is 8. The van der Waals surface area contributed by atoms with Gasteiger partial charge in [0.1, 0.15) is 29.0 Å². The van der Waals surface area contributed by atoms with Gasteiger partial charge in [0.2, 0.25) is 0 Å². The Kier molecular flexibility index (Phi) is 19.1. The van der Waals surface area contributed by atoms with Crippen LogP contribution < -0.4 is 28.7 Å². The fourth-order valence-electron chi connectivity index (χ4n) is 12.5. The average molecular weight is 1640 g/mol. The first-order chi connectivity index (χ1) is 46.0. The van der Waals surface area contributed by atoms with Crippen LogP contribution in [0.1, 0.15) is 71.1 Å². The van der Waals surface area contributed by atoms with Crippen LogP contribution in [0.2, 0.25) is 0 Å². The fraction of sp³-hybridized carbons (Fsp3) is 0.160. The van der Waals surface area contributed by atoms with Gasteiger partial charge in [0.25, 0.3) is 0 Å². The monoisotopic (exact) mass is 1630 g/mol. The van der Waals surface area contributed by atoms with Crippen LogP contribution in [0.3, 0.4) is 0 Å². The van der Waals surface area contributed by atoms with Gasteiger partial charge in [-0.25, -0.2) is 9.97 Å². The Labute approximate surface area is 595 Å². The number of benzene rings is 9. The van der Waals surface area contributed by atoms with E-state index in [1.54, 1.807) is 0 Å². The van der Waals surface area contributed by atoms with Crippen molar-refractivity contribution in [3.05, 3.63) is 275 Å². The number of rotatable bonds is 12. The summed E-state index contributed by atoms with van der Waals surface area (Å²) in [6.07, 6.45) is 4.61. The molecule has 486 valence electrons. The van der Waals surface area contributed by atoms with Crippen molar-refractivity contribution in [3.63, 3.8) is 0 Å². The standard InChI is InChI=1S/C42H33N5O2.C39H35N5O2.2Pt/c1-26-19-20-43-39(23-26)46-35-15-8-9-16-37(35)49-38-18-17-33(25-36(38)46)48-32-13-10-12-31(24-32)41-44-45-42(34-14-7-6-11-28(34)3)47(41)40-29(4)21-27(2)22-30(40)5;1-25-11-9-12-26(2)37(25)43-27(3)41-42-38(43)29-13-10-14-30(22-29)45-31-17-18-35-33(23-31)44(32-15-7-8-16-34(32)46-35)36-21-28(19-20-40-36)24-39(4,5)6;;/h6-23H,1-5H3;7-21H,24H2,1-6H3;;/q2*-2;2*+2. The molecular weight excluding hydrogens is 1570 g/mol. The molecular formula is C81H68N10O4Pt2. The Morgan fingerprint density at radius 1 is 0.402 bits per heavy atom. The van der Waals surface area contributed by atoms with E-state index in [0.717, 1.165) is 120 Å². The first-order valence-electron chi connectivity index (χ1n) is 31.6. The maximum atomic E-state index is 6.45. The van der Waals surface area contributed by atoms with Gasteiger partial charge in [0.05, 0.1) is 23.0 Å². The molecule has 2 aliphatic rings. The van der Waals surface area contributed by atoms with Crippen molar-refractivity contribution in [1.82, 2.24) is 39.5 Å². The smallest absolute Gasteiger partial charge is 0.513 e. The largest absolute Gasteiger partial charge is 2.00 e. The molecule has 2 aliphatic heterocycles. The molecule has 0 fully saturated rings. The molecule has 9 aromatic carbocycles. The van der Waals surface area contributed by atoms with E-state index in [2.05, 4.69) is 182 Å². The topological polar surface area (TPSA) is 131 Å². The van der Waals surface area contributed by atoms with E-state index in [1.807, 2.05) is 153 Å². The van der Waals surface area contributed by atoms with Gasteiger partial charge in [0.15, 0.2) is 5.82 Å². The van der Waals surface area contributed by atoms with Crippen molar-refractivity contribution < 1.29 is 61.1 Å². The molecule has 0 atom stereocenters. The first kappa shape index (κ1) is 66.7. The molecule has 14 nitrogen and oxygen atoms in total. The van der Waals surface area contributed by atoms with Crippen LogP contribution in [-0.2, 0) is 48.6 Å². The quantitative estimate of drug-likeness (QED) is 0.108. The van der Waals surface area contributed by atoms with Crippen molar-refractivity contribution >= 4 is 34.4 Å². The summed E-state index contributed by atoms with van der Waals surface area (Å²) < 4.78 is 29.7. The molecule has 0 N–H and O–H groups in total. The van der Waals surface area contributed by atoms with Gasteiger partial charge in [-0.05, 0) is 166 Å². The zero-order valence-corrected chi connectivity index (χ0v) is 60.0. The number of pyridine rings is 2. The Morgan fingerprint density at radius 2 is 0.876 bits per heavy atom. The van der Waals surface area contributed by atoms with Gasteiger partial charge < -0.3 is 37.9 Å². The number of nitrogens with zero attached hydrogens (tertiary/aromatic N) is 10. The molecule has 15 rings (SSSR count). The molecule has 13 aromatic rings. The molecule has 0 aliphatic carbocycles. The van der Waals surface area contributed by atoms with Gasteiger partial charge in [-0.3, -0.25) is 0 Å². The van der Waals surface area contributed by atoms with Crippen molar-refractivity contribution in [3.8, 4) is 91.5 Å². The van der Waals surface area contributed by atoms with Crippen LogP contribution in [-0.4, -0.2) is 39.5 Å².